The van der Waals surface area contributed by atoms with E-state index in [2.05, 4.69) is 5.16 Å². The second kappa shape index (κ2) is 7.29. The van der Waals surface area contributed by atoms with Gasteiger partial charge < -0.3 is 4.52 Å². The van der Waals surface area contributed by atoms with Crippen molar-refractivity contribution in [3.63, 3.8) is 0 Å². The number of carbonyl (C=O) groups excluding carboxylic acids is 1. The molecule has 1 saturated carbocycles. The van der Waals surface area contributed by atoms with E-state index in [1.165, 1.54) is 4.90 Å². The van der Waals surface area contributed by atoms with Crippen LogP contribution in [0.25, 0.3) is 0 Å². The van der Waals surface area contributed by atoms with E-state index in [1.807, 2.05) is 48.7 Å². The maximum Gasteiger partial charge on any atom is 0.198 e. The Balaban J connectivity index is 1.70. The van der Waals surface area contributed by atoms with Crippen LogP contribution in [0, 0.1) is 0 Å². The van der Waals surface area contributed by atoms with Crippen LogP contribution in [0.4, 0.5) is 0 Å². The SMILES string of the molecule is CSc1ccc(Cl)cc1Cc1ccccc1C(=O)c1cnoc1C1CC1. The summed E-state index contributed by atoms with van der Waals surface area (Å²) in [5.74, 6) is 1.06. The van der Waals surface area contributed by atoms with Crippen molar-refractivity contribution < 1.29 is 9.32 Å². The minimum Gasteiger partial charge on any atom is -0.360 e. The lowest BCUT2D eigenvalue weighted by Gasteiger charge is -2.12. The molecule has 4 rings (SSSR count). The van der Waals surface area contributed by atoms with E-state index < -0.39 is 0 Å². The first-order chi connectivity index (χ1) is 12.7. The summed E-state index contributed by atoms with van der Waals surface area (Å²) >= 11 is 7.87. The Kier molecular flexibility index (Phi) is 4.88. The van der Waals surface area contributed by atoms with E-state index in [0.717, 1.165) is 29.7 Å². The molecule has 2 aromatic carbocycles. The first kappa shape index (κ1) is 17.4. The van der Waals surface area contributed by atoms with Crippen LogP contribution in [0.5, 0.6) is 0 Å². The molecule has 0 amide bonds. The van der Waals surface area contributed by atoms with Crippen molar-refractivity contribution in [3.8, 4) is 0 Å². The van der Waals surface area contributed by atoms with Gasteiger partial charge >= 0.3 is 0 Å². The van der Waals surface area contributed by atoms with E-state index in [9.17, 15) is 4.79 Å². The highest BCUT2D eigenvalue weighted by atomic mass is 35.5. The minimum absolute atomic E-state index is 0.0171. The normalized spacial score (nSPS) is 13.8. The molecule has 1 aliphatic carbocycles. The average molecular weight is 384 g/mol. The minimum atomic E-state index is -0.0171. The van der Waals surface area contributed by atoms with Crippen LogP contribution in [0.3, 0.4) is 0 Å². The van der Waals surface area contributed by atoms with Crippen LogP contribution in [0.15, 0.2) is 58.1 Å². The maximum absolute atomic E-state index is 13.2. The largest absolute Gasteiger partial charge is 0.360 e. The Morgan fingerprint density at radius 1 is 1.19 bits per heavy atom. The van der Waals surface area contributed by atoms with E-state index in [0.29, 0.717) is 28.5 Å². The predicted molar refractivity (Wildman–Crippen MR) is 104 cm³/mol. The number of ketones is 1. The van der Waals surface area contributed by atoms with Crippen molar-refractivity contribution in [2.24, 2.45) is 0 Å². The molecule has 0 aliphatic heterocycles. The lowest BCUT2D eigenvalue weighted by molar-refractivity contribution is 0.103. The number of halogens is 1. The molecule has 1 heterocycles. The number of benzene rings is 2. The fourth-order valence-corrected chi connectivity index (χ4v) is 3.98. The third-order valence-electron chi connectivity index (χ3n) is 4.68. The molecule has 3 aromatic rings. The summed E-state index contributed by atoms with van der Waals surface area (Å²) in [4.78, 5) is 14.3. The molecule has 3 nitrogen and oxygen atoms in total. The van der Waals surface area contributed by atoms with Crippen LogP contribution in [-0.2, 0) is 6.42 Å². The molecule has 0 N–H and O–H groups in total. The first-order valence-corrected chi connectivity index (χ1v) is 10.2. The van der Waals surface area contributed by atoms with Crippen molar-refractivity contribution in [1.82, 2.24) is 5.16 Å². The zero-order valence-electron chi connectivity index (χ0n) is 14.4. The van der Waals surface area contributed by atoms with E-state index in [-0.39, 0.29) is 5.78 Å². The average Bonchev–Trinajstić information content (AvgIpc) is 3.38. The summed E-state index contributed by atoms with van der Waals surface area (Å²) in [5.41, 5.74) is 3.40. The van der Waals surface area contributed by atoms with Crippen LogP contribution in [-0.4, -0.2) is 17.2 Å². The summed E-state index contributed by atoms with van der Waals surface area (Å²) < 4.78 is 5.35. The Hall–Kier alpha value is -2.04. The molecule has 5 heteroatoms. The number of hydrogen-bond donors (Lipinski definition) is 0. The van der Waals surface area contributed by atoms with Gasteiger partial charge in [-0.1, -0.05) is 41.0 Å². The predicted octanol–water partition coefficient (Wildman–Crippen LogP) is 5.75. The van der Waals surface area contributed by atoms with Gasteiger partial charge in [0.15, 0.2) is 11.5 Å². The third-order valence-corrected chi connectivity index (χ3v) is 5.75. The van der Waals surface area contributed by atoms with Gasteiger partial charge in [-0.25, -0.2) is 0 Å². The molecule has 132 valence electrons. The summed E-state index contributed by atoms with van der Waals surface area (Å²) in [6.45, 7) is 0. The van der Waals surface area contributed by atoms with Gasteiger partial charge in [0, 0.05) is 21.4 Å². The number of carbonyl (C=O) groups is 1. The van der Waals surface area contributed by atoms with Gasteiger partial charge in [0.1, 0.15) is 0 Å². The topological polar surface area (TPSA) is 43.1 Å². The fraction of sp³-hybridized carbons (Fsp3) is 0.238. The van der Waals surface area contributed by atoms with Crippen molar-refractivity contribution in [2.75, 3.05) is 6.26 Å². The van der Waals surface area contributed by atoms with Crippen molar-refractivity contribution in [3.05, 3.63) is 81.7 Å². The number of rotatable bonds is 6. The smallest absolute Gasteiger partial charge is 0.198 e. The molecule has 0 saturated heterocycles. The molecule has 26 heavy (non-hydrogen) atoms. The molecule has 0 spiro atoms. The lowest BCUT2D eigenvalue weighted by Crippen LogP contribution is -2.07. The highest BCUT2D eigenvalue weighted by molar-refractivity contribution is 7.98. The van der Waals surface area contributed by atoms with Crippen LogP contribution >= 0.6 is 23.4 Å². The molecule has 0 atom stereocenters. The van der Waals surface area contributed by atoms with Crippen molar-refractivity contribution >= 4 is 29.1 Å². The van der Waals surface area contributed by atoms with Crippen LogP contribution < -0.4 is 0 Å². The Morgan fingerprint density at radius 2 is 2.00 bits per heavy atom. The zero-order chi connectivity index (χ0) is 18.1. The summed E-state index contributed by atoms with van der Waals surface area (Å²) in [6, 6.07) is 13.6. The highest BCUT2D eigenvalue weighted by Gasteiger charge is 2.33. The van der Waals surface area contributed by atoms with E-state index >= 15 is 0 Å². The molecule has 1 aromatic heterocycles. The van der Waals surface area contributed by atoms with Gasteiger partial charge in [0.2, 0.25) is 0 Å². The molecular formula is C21H18ClNO2S. The third kappa shape index (κ3) is 3.44. The number of hydrogen-bond acceptors (Lipinski definition) is 4. The molecule has 0 bridgehead atoms. The maximum atomic E-state index is 13.2. The highest BCUT2D eigenvalue weighted by Crippen LogP contribution is 2.42. The monoisotopic (exact) mass is 383 g/mol. The zero-order valence-corrected chi connectivity index (χ0v) is 15.9. The van der Waals surface area contributed by atoms with Crippen molar-refractivity contribution in [1.29, 1.82) is 0 Å². The second-order valence-electron chi connectivity index (χ2n) is 6.50. The molecular weight excluding hydrogens is 366 g/mol. The summed E-state index contributed by atoms with van der Waals surface area (Å²) in [5, 5.41) is 4.57. The molecule has 1 aliphatic rings. The lowest BCUT2D eigenvalue weighted by atomic mass is 9.94. The Labute approximate surface area is 161 Å². The first-order valence-electron chi connectivity index (χ1n) is 8.57. The summed E-state index contributed by atoms with van der Waals surface area (Å²) in [7, 11) is 0. The van der Waals surface area contributed by atoms with Gasteiger partial charge in [-0.3, -0.25) is 4.79 Å². The van der Waals surface area contributed by atoms with E-state index in [4.69, 9.17) is 16.1 Å². The Morgan fingerprint density at radius 3 is 2.77 bits per heavy atom. The standard InChI is InChI=1S/C21H18ClNO2S/c1-26-19-9-8-16(22)11-15(19)10-14-4-2-3-5-17(14)20(24)18-12-23-25-21(18)13-6-7-13/h2-5,8-9,11-13H,6-7,10H2,1H3. The molecule has 1 fully saturated rings. The number of thioether (sulfide) groups is 1. The Bertz CT molecular complexity index is 962. The van der Waals surface area contributed by atoms with Gasteiger partial charge in [-0.15, -0.1) is 11.8 Å². The molecule has 0 radical (unpaired) electrons. The van der Waals surface area contributed by atoms with Crippen LogP contribution in [0.2, 0.25) is 5.02 Å². The second-order valence-corrected chi connectivity index (χ2v) is 7.78. The number of aromatic nitrogens is 1. The van der Waals surface area contributed by atoms with Gasteiger partial charge in [0.05, 0.1) is 11.8 Å². The fourth-order valence-electron chi connectivity index (χ4n) is 3.19. The molecule has 0 unspecified atom stereocenters. The van der Waals surface area contributed by atoms with Gasteiger partial charge in [-0.05, 0) is 54.8 Å². The number of nitrogens with zero attached hydrogens (tertiary/aromatic N) is 1. The van der Waals surface area contributed by atoms with Gasteiger partial charge in [0.25, 0.3) is 0 Å². The quantitative estimate of drug-likeness (QED) is 0.401. The summed E-state index contributed by atoms with van der Waals surface area (Å²) in [6.07, 6.45) is 6.39. The van der Waals surface area contributed by atoms with Crippen LogP contribution in [0.1, 0.15) is 51.6 Å². The van der Waals surface area contributed by atoms with Gasteiger partial charge in [-0.2, -0.15) is 0 Å². The van der Waals surface area contributed by atoms with E-state index in [1.54, 1.807) is 18.0 Å². The van der Waals surface area contributed by atoms with Crippen molar-refractivity contribution in [2.45, 2.75) is 30.1 Å².